The Kier molecular flexibility index (Phi) is 4.99. The SMILES string of the molecule is C[C@H](Sc1nc2ccccc2c(=O)n1C1CC1)C(=O)N(C)[C@H]1CCS(=O)(=O)C1. The summed E-state index contributed by atoms with van der Waals surface area (Å²) < 4.78 is 25.2. The van der Waals surface area contributed by atoms with Gasteiger partial charge in [-0.3, -0.25) is 14.2 Å². The molecule has 0 spiro atoms. The zero-order chi connectivity index (χ0) is 20.1. The molecule has 0 N–H and O–H groups in total. The van der Waals surface area contributed by atoms with E-state index in [4.69, 9.17) is 0 Å². The maximum absolute atomic E-state index is 12.9. The molecule has 1 aliphatic carbocycles. The van der Waals surface area contributed by atoms with Gasteiger partial charge >= 0.3 is 0 Å². The fourth-order valence-electron chi connectivity index (χ4n) is 3.62. The van der Waals surface area contributed by atoms with Crippen LogP contribution in [0.3, 0.4) is 0 Å². The minimum atomic E-state index is -3.06. The van der Waals surface area contributed by atoms with Crippen LogP contribution in [0.25, 0.3) is 10.9 Å². The minimum absolute atomic E-state index is 0.0215. The van der Waals surface area contributed by atoms with Gasteiger partial charge in [-0.25, -0.2) is 13.4 Å². The first kappa shape index (κ1) is 19.4. The zero-order valence-corrected chi connectivity index (χ0v) is 17.5. The van der Waals surface area contributed by atoms with Crippen LogP contribution in [-0.4, -0.2) is 58.6 Å². The van der Waals surface area contributed by atoms with Crippen molar-refractivity contribution in [2.75, 3.05) is 18.6 Å². The lowest BCUT2D eigenvalue weighted by Gasteiger charge is -2.26. The number of benzene rings is 1. The predicted molar refractivity (Wildman–Crippen MR) is 109 cm³/mol. The Labute approximate surface area is 168 Å². The van der Waals surface area contributed by atoms with Gasteiger partial charge in [-0.05, 0) is 38.3 Å². The van der Waals surface area contributed by atoms with Crippen LogP contribution in [0.2, 0.25) is 0 Å². The molecular formula is C19H23N3O4S2. The van der Waals surface area contributed by atoms with Crippen molar-refractivity contribution in [3.05, 3.63) is 34.6 Å². The smallest absolute Gasteiger partial charge is 0.262 e. The second-order valence-electron chi connectivity index (χ2n) is 7.58. The molecule has 28 heavy (non-hydrogen) atoms. The van der Waals surface area contributed by atoms with Crippen LogP contribution in [0.15, 0.2) is 34.2 Å². The second kappa shape index (κ2) is 7.18. The van der Waals surface area contributed by atoms with E-state index in [0.717, 1.165) is 12.8 Å². The standard InChI is InChI=1S/C19H23N3O4S2/c1-12(17(23)21(2)14-9-10-28(25,26)11-14)27-19-20-16-6-4-3-5-15(16)18(24)22(19)13-7-8-13/h3-6,12-14H,7-11H2,1-2H3/t12-,14-/m0/s1. The lowest BCUT2D eigenvalue weighted by atomic mass is 10.2. The number of thioether (sulfide) groups is 1. The third-order valence-electron chi connectivity index (χ3n) is 5.42. The Morgan fingerprint density at radius 1 is 1.29 bits per heavy atom. The van der Waals surface area contributed by atoms with E-state index in [1.54, 1.807) is 35.6 Å². The molecule has 1 amide bonds. The number of sulfone groups is 1. The largest absolute Gasteiger partial charge is 0.341 e. The summed E-state index contributed by atoms with van der Waals surface area (Å²) in [4.78, 5) is 32.0. The Balaban J connectivity index is 1.60. The van der Waals surface area contributed by atoms with Crippen LogP contribution in [0, 0.1) is 0 Å². The van der Waals surface area contributed by atoms with E-state index in [9.17, 15) is 18.0 Å². The van der Waals surface area contributed by atoms with E-state index in [1.165, 1.54) is 11.8 Å². The molecule has 0 bridgehead atoms. The number of aromatic nitrogens is 2. The molecular weight excluding hydrogens is 398 g/mol. The van der Waals surface area contributed by atoms with Crippen molar-refractivity contribution in [3.8, 4) is 0 Å². The fourth-order valence-corrected chi connectivity index (χ4v) is 6.47. The number of carbonyl (C=O) groups is 1. The zero-order valence-electron chi connectivity index (χ0n) is 15.9. The van der Waals surface area contributed by atoms with Gasteiger partial charge in [-0.1, -0.05) is 23.9 Å². The highest BCUT2D eigenvalue weighted by molar-refractivity contribution is 8.00. The van der Waals surface area contributed by atoms with Gasteiger partial charge in [0.1, 0.15) is 0 Å². The maximum Gasteiger partial charge on any atom is 0.262 e. The molecule has 2 atom stereocenters. The van der Waals surface area contributed by atoms with E-state index in [0.29, 0.717) is 22.5 Å². The topological polar surface area (TPSA) is 89.3 Å². The van der Waals surface area contributed by atoms with Crippen LogP contribution in [0.1, 0.15) is 32.2 Å². The summed E-state index contributed by atoms with van der Waals surface area (Å²) in [5, 5.41) is 0.678. The number of nitrogens with zero attached hydrogens (tertiary/aromatic N) is 3. The third-order valence-corrected chi connectivity index (χ3v) is 8.23. The second-order valence-corrected chi connectivity index (χ2v) is 11.1. The number of hydrogen-bond acceptors (Lipinski definition) is 6. The molecule has 1 aliphatic heterocycles. The van der Waals surface area contributed by atoms with E-state index in [1.807, 2.05) is 12.1 Å². The van der Waals surface area contributed by atoms with Crippen LogP contribution in [0.4, 0.5) is 0 Å². The summed E-state index contributed by atoms with van der Waals surface area (Å²) in [6.07, 6.45) is 2.36. The monoisotopic (exact) mass is 421 g/mol. The summed E-state index contributed by atoms with van der Waals surface area (Å²) in [6, 6.07) is 7.11. The highest BCUT2D eigenvalue weighted by Gasteiger charge is 2.35. The minimum Gasteiger partial charge on any atom is -0.341 e. The van der Waals surface area contributed by atoms with Gasteiger partial charge in [0.05, 0.1) is 27.7 Å². The van der Waals surface area contributed by atoms with Gasteiger partial charge in [-0.15, -0.1) is 0 Å². The van der Waals surface area contributed by atoms with Crippen LogP contribution in [0.5, 0.6) is 0 Å². The lowest BCUT2D eigenvalue weighted by molar-refractivity contribution is -0.130. The van der Waals surface area contributed by atoms with E-state index in [2.05, 4.69) is 4.98 Å². The molecule has 0 unspecified atom stereocenters. The van der Waals surface area contributed by atoms with Crippen molar-refractivity contribution < 1.29 is 13.2 Å². The molecule has 9 heteroatoms. The Bertz CT molecular complexity index is 1090. The Hall–Kier alpha value is -1.87. The van der Waals surface area contributed by atoms with Gasteiger partial charge in [-0.2, -0.15) is 0 Å². The van der Waals surface area contributed by atoms with Gasteiger partial charge in [0.25, 0.3) is 5.56 Å². The molecule has 1 saturated heterocycles. The van der Waals surface area contributed by atoms with Gasteiger partial charge in [0.15, 0.2) is 15.0 Å². The highest BCUT2D eigenvalue weighted by Crippen LogP contribution is 2.38. The molecule has 150 valence electrons. The molecule has 2 aromatic rings. The molecule has 1 aromatic carbocycles. The molecule has 0 radical (unpaired) electrons. The number of amides is 1. The Morgan fingerprint density at radius 2 is 2.00 bits per heavy atom. The average molecular weight is 422 g/mol. The summed E-state index contributed by atoms with van der Waals surface area (Å²) in [5.74, 6) is 0.00889. The van der Waals surface area contributed by atoms with Crippen molar-refractivity contribution in [1.82, 2.24) is 14.5 Å². The molecule has 2 aliphatic rings. The number of carbonyl (C=O) groups excluding carboxylic acids is 1. The van der Waals surface area contributed by atoms with Crippen molar-refractivity contribution in [3.63, 3.8) is 0 Å². The highest BCUT2D eigenvalue weighted by atomic mass is 32.2. The fraction of sp³-hybridized carbons (Fsp3) is 0.526. The summed E-state index contributed by atoms with van der Waals surface area (Å²) in [6.45, 7) is 1.78. The van der Waals surface area contributed by atoms with Crippen LogP contribution < -0.4 is 5.56 Å². The lowest BCUT2D eigenvalue weighted by Crippen LogP contribution is -2.42. The first-order valence-electron chi connectivity index (χ1n) is 9.42. The van der Waals surface area contributed by atoms with Crippen LogP contribution in [-0.2, 0) is 14.6 Å². The first-order chi connectivity index (χ1) is 13.3. The summed E-state index contributed by atoms with van der Waals surface area (Å²) in [7, 11) is -1.40. The number of rotatable bonds is 5. The predicted octanol–water partition coefficient (Wildman–Crippen LogP) is 1.86. The number of hydrogen-bond donors (Lipinski definition) is 0. The van der Waals surface area contributed by atoms with E-state index in [-0.39, 0.29) is 35.1 Å². The van der Waals surface area contributed by atoms with Gasteiger partial charge in [0.2, 0.25) is 5.91 Å². The summed E-state index contributed by atoms with van der Waals surface area (Å²) >= 11 is 1.27. The normalized spacial score (nSPS) is 22.3. The van der Waals surface area contributed by atoms with Crippen molar-refractivity contribution in [2.24, 2.45) is 0 Å². The summed E-state index contributed by atoms with van der Waals surface area (Å²) in [5.41, 5.74) is 0.562. The van der Waals surface area contributed by atoms with Crippen molar-refractivity contribution in [1.29, 1.82) is 0 Å². The molecule has 7 nitrogen and oxygen atoms in total. The molecule has 2 fully saturated rings. The average Bonchev–Trinajstić information content (AvgIpc) is 3.42. The third kappa shape index (κ3) is 3.69. The van der Waals surface area contributed by atoms with Gasteiger partial charge < -0.3 is 4.90 Å². The molecule has 1 saturated carbocycles. The molecule has 4 rings (SSSR count). The van der Waals surface area contributed by atoms with Gasteiger partial charge in [0, 0.05) is 19.1 Å². The van der Waals surface area contributed by atoms with Crippen molar-refractivity contribution in [2.45, 2.75) is 48.7 Å². The van der Waals surface area contributed by atoms with E-state index >= 15 is 0 Å². The molecule has 1 aromatic heterocycles. The first-order valence-corrected chi connectivity index (χ1v) is 12.1. The Morgan fingerprint density at radius 3 is 2.64 bits per heavy atom. The quantitative estimate of drug-likeness (QED) is 0.541. The van der Waals surface area contributed by atoms with E-state index < -0.39 is 15.1 Å². The number of para-hydroxylation sites is 1. The van der Waals surface area contributed by atoms with Crippen molar-refractivity contribution >= 4 is 38.4 Å². The maximum atomic E-state index is 12.9. The number of fused-ring (bicyclic) bond motifs is 1. The van der Waals surface area contributed by atoms with Crippen LogP contribution >= 0.6 is 11.8 Å². The molecule has 2 heterocycles.